The van der Waals surface area contributed by atoms with Crippen molar-refractivity contribution in [3.63, 3.8) is 0 Å². The van der Waals surface area contributed by atoms with Crippen molar-refractivity contribution in [1.29, 1.82) is 0 Å². The summed E-state index contributed by atoms with van der Waals surface area (Å²) in [6.07, 6.45) is 0.186. The van der Waals surface area contributed by atoms with Crippen LogP contribution < -0.4 is 15.4 Å². The molecule has 7 heteroatoms. The minimum Gasteiger partial charge on any atom is -0.491 e. The van der Waals surface area contributed by atoms with Gasteiger partial charge in [-0.1, -0.05) is 12.1 Å². The highest BCUT2D eigenvalue weighted by Crippen LogP contribution is 2.14. The standard InChI is InChI=1S/C19H29N5O.HI/c1-13(2)25-17-9-7-16(8-10-17)11-21-19(20-5)22-12-18-14(3)23-24(6)15(18)4;/h7-10,13H,11-12H2,1-6H3,(H2,20,21,22);1H. The second-order valence-electron chi connectivity index (χ2n) is 6.36. The molecule has 0 bridgehead atoms. The number of aromatic nitrogens is 2. The lowest BCUT2D eigenvalue weighted by atomic mass is 10.2. The van der Waals surface area contributed by atoms with Crippen molar-refractivity contribution in [3.8, 4) is 5.75 Å². The van der Waals surface area contributed by atoms with Gasteiger partial charge in [-0.15, -0.1) is 24.0 Å². The van der Waals surface area contributed by atoms with Crippen LogP contribution in [-0.4, -0.2) is 28.9 Å². The summed E-state index contributed by atoms with van der Waals surface area (Å²) in [5.41, 5.74) is 4.60. The number of benzene rings is 1. The molecule has 26 heavy (non-hydrogen) atoms. The Balaban J connectivity index is 0.00000338. The molecule has 0 unspecified atom stereocenters. The van der Waals surface area contributed by atoms with E-state index in [0.717, 1.165) is 17.4 Å². The molecule has 0 aliphatic heterocycles. The molecule has 144 valence electrons. The number of halogens is 1. The molecule has 1 aromatic carbocycles. The highest BCUT2D eigenvalue weighted by molar-refractivity contribution is 14.0. The predicted octanol–water partition coefficient (Wildman–Crippen LogP) is 3.31. The number of rotatable bonds is 6. The maximum atomic E-state index is 5.66. The second-order valence-corrected chi connectivity index (χ2v) is 6.36. The number of nitrogens with zero attached hydrogens (tertiary/aromatic N) is 3. The van der Waals surface area contributed by atoms with Crippen LogP contribution in [0.25, 0.3) is 0 Å². The van der Waals surface area contributed by atoms with E-state index in [1.807, 2.05) is 44.6 Å². The summed E-state index contributed by atoms with van der Waals surface area (Å²) in [4.78, 5) is 4.28. The molecule has 1 aromatic heterocycles. The van der Waals surface area contributed by atoms with Crippen LogP contribution in [0.4, 0.5) is 0 Å². The number of hydrogen-bond donors (Lipinski definition) is 2. The number of aliphatic imine (C=N–C) groups is 1. The van der Waals surface area contributed by atoms with Crippen molar-refractivity contribution in [2.45, 2.75) is 46.9 Å². The normalized spacial score (nSPS) is 11.3. The molecule has 0 saturated carbocycles. The van der Waals surface area contributed by atoms with Gasteiger partial charge in [0.2, 0.25) is 0 Å². The maximum Gasteiger partial charge on any atom is 0.191 e. The van der Waals surface area contributed by atoms with Gasteiger partial charge in [-0.2, -0.15) is 5.10 Å². The summed E-state index contributed by atoms with van der Waals surface area (Å²) >= 11 is 0. The number of aryl methyl sites for hydroxylation is 2. The topological polar surface area (TPSA) is 63.5 Å². The molecule has 2 rings (SSSR count). The van der Waals surface area contributed by atoms with E-state index < -0.39 is 0 Å². The average molecular weight is 471 g/mol. The zero-order chi connectivity index (χ0) is 18.4. The third-order valence-electron chi connectivity index (χ3n) is 4.07. The Bertz CT molecular complexity index is 722. The van der Waals surface area contributed by atoms with E-state index in [4.69, 9.17) is 4.74 Å². The van der Waals surface area contributed by atoms with E-state index in [2.05, 4.69) is 39.8 Å². The molecule has 1 heterocycles. The Hall–Kier alpha value is -1.77. The zero-order valence-electron chi connectivity index (χ0n) is 16.5. The lowest BCUT2D eigenvalue weighted by Gasteiger charge is -2.13. The van der Waals surface area contributed by atoms with E-state index in [9.17, 15) is 0 Å². The Morgan fingerprint density at radius 1 is 1.15 bits per heavy atom. The van der Waals surface area contributed by atoms with E-state index >= 15 is 0 Å². The zero-order valence-corrected chi connectivity index (χ0v) is 18.8. The molecule has 2 aromatic rings. The predicted molar refractivity (Wildman–Crippen MR) is 117 cm³/mol. The molecule has 0 saturated heterocycles. The van der Waals surface area contributed by atoms with E-state index in [0.29, 0.717) is 13.1 Å². The van der Waals surface area contributed by atoms with Crippen molar-refractivity contribution in [2.75, 3.05) is 7.05 Å². The van der Waals surface area contributed by atoms with Crippen molar-refractivity contribution in [2.24, 2.45) is 12.0 Å². The van der Waals surface area contributed by atoms with Gasteiger partial charge in [0.25, 0.3) is 0 Å². The van der Waals surface area contributed by atoms with Crippen LogP contribution >= 0.6 is 24.0 Å². The summed E-state index contributed by atoms with van der Waals surface area (Å²) in [6, 6.07) is 8.12. The molecule has 0 amide bonds. The summed E-state index contributed by atoms with van der Waals surface area (Å²) in [5, 5.41) is 11.1. The summed E-state index contributed by atoms with van der Waals surface area (Å²) in [7, 11) is 3.74. The second kappa shape index (κ2) is 10.4. The summed E-state index contributed by atoms with van der Waals surface area (Å²) < 4.78 is 7.57. The first-order valence-electron chi connectivity index (χ1n) is 8.60. The smallest absolute Gasteiger partial charge is 0.191 e. The van der Waals surface area contributed by atoms with Crippen LogP contribution in [0, 0.1) is 13.8 Å². The van der Waals surface area contributed by atoms with E-state index in [1.165, 1.54) is 16.8 Å². The van der Waals surface area contributed by atoms with E-state index in [1.54, 1.807) is 7.05 Å². The monoisotopic (exact) mass is 471 g/mol. The van der Waals surface area contributed by atoms with Crippen LogP contribution in [0.1, 0.15) is 36.4 Å². The fraction of sp³-hybridized carbons (Fsp3) is 0.474. The van der Waals surface area contributed by atoms with Crippen molar-refractivity contribution in [3.05, 3.63) is 46.8 Å². The Morgan fingerprint density at radius 3 is 2.27 bits per heavy atom. The highest BCUT2D eigenvalue weighted by atomic mass is 127. The minimum atomic E-state index is 0. The number of guanidine groups is 1. The van der Waals surface area contributed by atoms with Gasteiger partial charge in [0.1, 0.15) is 5.75 Å². The molecule has 0 aliphatic carbocycles. The van der Waals surface area contributed by atoms with Crippen molar-refractivity contribution in [1.82, 2.24) is 20.4 Å². The molecule has 0 aliphatic rings. The van der Waals surface area contributed by atoms with Gasteiger partial charge < -0.3 is 15.4 Å². The molecular weight excluding hydrogens is 441 g/mol. The minimum absolute atomic E-state index is 0. The number of ether oxygens (including phenoxy) is 1. The third-order valence-corrected chi connectivity index (χ3v) is 4.07. The molecule has 2 N–H and O–H groups in total. The fourth-order valence-electron chi connectivity index (χ4n) is 2.61. The molecular formula is C19H30IN5O. The van der Waals surface area contributed by atoms with E-state index in [-0.39, 0.29) is 30.1 Å². The van der Waals surface area contributed by atoms with Crippen LogP contribution in [0.2, 0.25) is 0 Å². The average Bonchev–Trinajstić information content (AvgIpc) is 2.81. The van der Waals surface area contributed by atoms with Gasteiger partial charge in [-0.3, -0.25) is 9.67 Å². The summed E-state index contributed by atoms with van der Waals surface area (Å²) in [5.74, 6) is 1.66. The van der Waals surface area contributed by atoms with Gasteiger partial charge in [0.15, 0.2) is 5.96 Å². The third kappa shape index (κ3) is 6.19. The van der Waals surface area contributed by atoms with Crippen LogP contribution in [0.5, 0.6) is 5.75 Å². The van der Waals surface area contributed by atoms with Gasteiger partial charge in [0.05, 0.1) is 11.8 Å². The first-order valence-corrected chi connectivity index (χ1v) is 8.60. The van der Waals surface area contributed by atoms with Gasteiger partial charge >= 0.3 is 0 Å². The van der Waals surface area contributed by atoms with Gasteiger partial charge in [0, 0.05) is 38.4 Å². The number of hydrogen-bond acceptors (Lipinski definition) is 3. The van der Waals surface area contributed by atoms with Crippen LogP contribution in [0.15, 0.2) is 29.3 Å². The Morgan fingerprint density at radius 2 is 1.77 bits per heavy atom. The Kier molecular flexibility index (Phi) is 8.91. The maximum absolute atomic E-state index is 5.66. The first-order chi connectivity index (χ1) is 11.9. The van der Waals surface area contributed by atoms with Crippen molar-refractivity contribution >= 4 is 29.9 Å². The molecule has 0 atom stereocenters. The highest BCUT2D eigenvalue weighted by Gasteiger charge is 2.09. The molecule has 0 fully saturated rings. The molecule has 0 radical (unpaired) electrons. The largest absolute Gasteiger partial charge is 0.491 e. The Labute approximate surface area is 173 Å². The number of nitrogens with one attached hydrogen (secondary N) is 2. The van der Waals surface area contributed by atoms with Crippen LogP contribution in [0.3, 0.4) is 0 Å². The first kappa shape index (κ1) is 22.3. The van der Waals surface area contributed by atoms with Crippen LogP contribution in [-0.2, 0) is 20.1 Å². The fourth-order valence-corrected chi connectivity index (χ4v) is 2.61. The van der Waals surface area contributed by atoms with Gasteiger partial charge in [-0.25, -0.2) is 0 Å². The quantitative estimate of drug-likeness (QED) is 0.386. The molecule has 0 spiro atoms. The lowest BCUT2D eigenvalue weighted by Crippen LogP contribution is -2.36. The van der Waals surface area contributed by atoms with Crippen molar-refractivity contribution < 1.29 is 4.74 Å². The SMILES string of the molecule is CN=C(NCc1ccc(OC(C)C)cc1)NCc1c(C)nn(C)c1C.I. The van der Waals surface area contributed by atoms with Gasteiger partial charge in [-0.05, 0) is 45.4 Å². The molecule has 6 nitrogen and oxygen atoms in total. The summed E-state index contributed by atoms with van der Waals surface area (Å²) in [6.45, 7) is 9.56. The lowest BCUT2D eigenvalue weighted by molar-refractivity contribution is 0.242.